The van der Waals surface area contributed by atoms with Gasteiger partial charge < -0.3 is 14.8 Å². The Morgan fingerprint density at radius 2 is 1.95 bits per heavy atom. The maximum absolute atomic E-state index is 14.0. The fourth-order valence-electron chi connectivity index (χ4n) is 5.11. The van der Waals surface area contributed by atoms with Gasteiger partial charge in [0.05, 0.1) is 19.4 Å². The van der Waals surface area contributed by atoms with Gasteiger partial charge in [0, 0.05) is 69.3 Å². The van der Waals surface area contributed by atoms with Gasteiger partial charge in [0.25, 0.3) is 0 Å². The highest BCUT2D eigenvalue weighted by molar-refractivity contribution is 5.79. The monoisotopic (exact) mass is 526 g/mol. The molecule has 3 aromatic rings. The van der Waals surface area contributed by atoms with E-state index >= 15 is 0 Å². The Morgan fingerprint density at radius 3 is 2.66 bits per heavy atom. The third-order valence-electron chi connectivity index (χ3n) is 7.37. The Bertz CT molecular complexity index is 1250. The molecule has 3 unspecified atom stereocenters. The molecule has 1 aliphatic heterocycles. The lowest BCUT2D eigenvalue weighted by Crippen LogP contribution is -2.43. The van der Waals surface area contributed by atoms with E-state index in [-0.39, 0.29) is 23.8 Å². The van der Waals surface area contributed by atoms with Crippen molar-refractivity contribution in [3.05, 3.63) is 71.4 Å². The number of hydrogen-bond donors (Lipinski definition) is 1. The standard InChI is InChI=1S/C29H36F2N4O3/c1-5-19(13-22-16-27(33-34(22)2)21-7-6-8-23(14-21)38-4)29(36)32-28-18-35(11-12-37-3)17-24(28)20-9-10-25(30)26(31)15-20/h6-10,14-16,19,24,28H,5,11-13,17-18H2,1-4H3,(H,32,36). The summed E-state index contributed by atoms with van der Waals surface area (Å²) < 4.78 is 40.0. The second kappa shape index (κ2) is 12.5. The SMILES string of the molecule is CCC(Cc1cc(-c2cccc(OC)c2)nn1C)C(=O)NC1CN(CCOC)CC1c1ccc(F)c(F)c1. The number of hydrogen-bond acceptors (Lipinski definition) is 5. The third-order valence-corrected chi connectivity index (χ3v) is 7.37. The molecular weight excluding hydrogens is 490 g/mol. The second-order valence-electron chi connectivity index (χ2n) is 9.83. The van der Waals surface area contributed by atoms with Crippen molar-refractivity contribution in [1.82, 2.24) is 20.0 Å². The smallest absolute Gasteiger partial charge is 0.223 e. The van der Waals surface area contributed by atoms with Gasteiger partial charge in [-0.2, -0.15) is 5.10 Å². The summed E-state index contributed by atoms with van der Waals surface area (Å²) in [6, 6.07) is 13.5. The first-order chi connectivity index (χ1) is 18.3. The van der Waals surface area contributed by atoms with Crippen molar-refractivity contribution in [2.24, 2.45) is 13.0 Å². The number of aromatic nitrogens is 2. The maximum atomic E-state index is 14.0. The fraction of sp³-hybridized carbons (Fsp3) is 0.448. The van der Waals surface area contributed by atoms with Crippen LogP contribution in [0.2, 0.25) is 0 Å². The first-order valence-corrected chi connectivity index (χ1v) is 13.0. The van der Waals surface area contributed by atoms with E-state index in [0.29, 0.717) is 44.6 Å². The quantitative estimate of drug-likeness (QED) is 0.406. The van der Waals surface area contributed by atoms with Crippen molar-refractivity contribution in [3.8, 4) is 17.0 Å². The van der Waals surface area contributed by atoms with Crippen LogP contribution in [0.5, 0.6) is 5.75 Å². The number of nitrogens with zero attached hydrogens (tertiary/aromatic N) is 3. The number of aryl methyl sites for hydroxylation is 1. The van der Waals surface area contributed by atoms with E-state index in [1.807, 2.05) is 49.0 Å². The molecule has 0 aliphatic carbocycles. The number of methoxy groups -OCH3 is 2. The number of benzene rings is 2. The van der Waals surface area contributed by atoms with Crippen LogP contribution in [0.25, 0.3) is 11.3 Å². The predicted octanol–water partition coefficient (Wildman–Crippen LogP) is 4.17. The van der Waals surface area contributed by atoms with Crippen LogP contribution in [0.3, 0.4) is 0 Å². The van der Waals surface area contributed by atoms with Crippen molar-refractivity contribution in [2.45, 2.75) is 31.7 Å². The van der Waals surface area contributed by atoms with Crippen LogP contribution in [-0.4, -0.2) is 67.1 Å². The van der Waals surface area contributed by atoms with E-state index in [1.54, 1.807) is 20.3 Å². The second-order valence-corrected chi connectivity index (χ2v) is 9.83. The molecule has 1 fully saturated rings. The summed E-state index contributed by atoms with van der Waals surface area (Å²) in [6.45, 7) is 4.49. The molecule has 204 valence electrons. The molecule has 9 heteroatoms. The number of likely N-dealkylation sites (tertiary alicyclic amines) is 1. The number of nitrogens with one attached hydrogen (secondary N) is 1. The van der Waals surface area contributed by atoms with Crippen molar-refractivity contribution >= 4 is 5.91 Å². The van der Waals surface area contributed by atoms with E-state index in [0.717, 1.165) is 28.8 Å². The molecule has 1 aromatic heterocycles. The number of carbonyl (C=O) groups is 1. The molecule has 1 amide bonds. The zero-order chi connectivity index (χ0) is 27.2. The summed E-state index contributed by atoms with van der Waals surface area (Å²) in [5.41, 5.74) is 3.40. The molecule has 4 rings (SSSR count). The number of rotatable bonds is 11. The minimum absolute atomic E-state index is 0.0530. The van der Waals surface area contributed by atoms with Crippen molar-refractivity contribution in [1.29, 1.82) is 0 Å². The van der Waals surface area contributed by atoms with Crippen molar-refractivity contribution in [3.63, 3.8) is 0 Å². The Balaban J connectivity index is 1.49. The zero-order valence-electron chi connectivity index (χ0n) is 22.4. The summed E-state index contributed by atoms with van der Waals surface area (Å²) in [4.78, 5) is 15.7. The summed E-state index contributed by atoms with van der Waals surface area (Å²) in [5, 5.41) is 7.88. The Labute approximate surface area is 222 Å². The number of amides is 1. The molecule has 2 aromatic carbocycles. The fourth-order valence-corrected chi connectivity index (χ4v) is 5.11. The summed E-state index contributed by atoms with van der Waals surface area (Å²) >= 11 is 0. The zero-order valence-corrected chi connectivity index (χ0v) is 22.4. The molecule has 1 N–H and O–H groups in total. The van der Waals surface area contributed by atoms with Crippen molar-refractivity contribution in [2.75, 3.05) is 40.5 Å². The maximum Gasteiger partial charge on any atom is 0.223 e. The normalized spacial score (nSPS) is 18.5. The Hall–Kier alpha value is -3.30. The molecule has 7 nitrogen and oxygen atoms in total. The van der Waals surface area contributed by atoms with Crippen LogP contribution in [0.15, 0.2) is 48.5 Å². The van der Waals surface area contributed by atoms with E-state index in [9.17, 15) is 13.6 Å². The highest BCUT2D eigenvalue weighted by atomic mass is 19.2. The molecule has 2 heterocycles. The molecule has 1 saturated heterocycles. The first kappa shape index (κ1) is 27.7. The van der Waals surface area contributed by atoms with Gasteiger partial charge in [-0.15, -0.1) is 0 Å². The van der Waals surface area contributed by atoms with Gasteiger partial charge in [-0.3, -0.25) is 14.4 Å². The molecule has 0 saturated carbocycles. The van der Waals surface area contributed by atoms with Crippen LogP contribution in [0, 0.1) is 17.6 Å². The van der Waals surface area contributed by atoms with E-state index in [1.165, 1.54) is 6.07 Å². The van der Waals surface area contributed by atoms with Gasteiger partial charge in [0.1, 0.15) is 5.75 Å². The largest absolute Gasteiger partial charge is 0.497 e. The molecule has 3 atom stereocenters. The van der Waals surface area contributed by atoms with Crippen molar-refractivity contribution < 1.29 is 23.0 Å². The minimum Gasteiger partial charge on any atom is -0.497 e. The van der Waals surface area contributed by atoms with Crippen LogP contribution in [-0.2, 0) is 23.0 Å². The van der Waals surface area contributed by atoms with E-state index in [2.05, 4.69) is 15.3 Å². The lowest BCUT2D eigenvalue weighted by molar-refractivity contribution is -0.125. The van der Waals surface area contributed by atoms with Gasteiger partial charge in [0.2, 0.25) is 5.91 Å². The highest BCUT2D eigenvalue weighted by Gasteiger charge is 2.36. The van der Waals surface area contributed by atoms with Gasteiger partial charge in [-0.05, 0) is 42.3 Å². The highest BCUT2D eigenvalue weighted by Crippen LogP contribution is 2.30. The molecular formula is C29H36F2N4O3. The van der Waals surface area contributed by atoms with Gasteiger partial charge in [-0.25, -0.2) is 8.78 Å². The predicted molar refractivity (Wildman–Crippen MR) is 142 cm³/mol. The third kappa shape index (κ3) is 6.39. The topological polar surface area (TPSA) is 68.6 Å². The Kier molecular flexibility index (Phi) is 9.12. The molecule has 1 aliphatic rings. The lowest BCUT2D eigenvalue weighted by atomic mass is 9.92. The first-order valence-electron chi connectivity index (χ1n) is 13.0. The summed E-state index contributed by atoms with van der Waals surface area (Å²) in [7, 11) is 5.16. The van der Waals surface area contributed by atoms with Gasteiger partial charge in [-0.1, -0.05) is 25.1 Å². The lowest BCUT2D eigenvalue weighted by Gasteiger charge is -2.23. The van der Waals surface area contributed by atoms with Crippen LogP contribution in [0.4, 0.5) is 8.78 Å². The molecule has 0 bridgehead atoms. The van der Waals surface area contributed by atoms with Gasteiger partial charge >= 0.3 is 0 Å². The molecule has 0 spiro atoms. The average Bonchev–Trinajstić information content (AvgIpc) is 3.50. The van der Waals surface area contributed by atoms with Crippen LogP contribution >= 0.6 is 0 Å². The van der Waals surface area contributed by atoms with Crippen LogP contribution in [0.1, 0.15) is 30.5 Å². The van der Waals surface area contributed by atoms with Crippen LogP contribution < -0.4 is 10.1 Å². The van der Waals surface area contributed by atoms with Gasteiger partial charge in [0.15, 0.2) is 11.6 Å². The minimum atomic E-state index is -0.877. The summed E-state index contributed by atoms with van der Waals surface area (Å²) in [5.74, 6) is -1.46. The summed E-state index contributed by atoms with van der Waals surface area (Å²) in [6.07, 6.45) is 1.19. The number of carbonyl (C=O) groups excluding carboxylic acids is 1. The average molecular weight is 527 g/mol. The Morgan fingerprint density at radius 1 is 1.13 bits per heavy atom. The number of halogens is 2. The van der Waals surface area contributed by atoms with E-state index < -0.39 is 11.6 Å². The van der Waals surface area contributed by atoms with E-state index in [4.69, 9.17) is 9.47 Å². The number of ether oxygens (including phenoxy) is 2. The molecule has 0 radical (unpaired) electrons. The molecule has 38 heavy (non-hydrogen) atoms.